The number of nitrogens with one attached hydrogen (secondary N) is 2. The predicted octanol–water partition coefficient (Wildman–Crippen LogP) is 7.19. The van der Waals surface area contributed by atoms with E-state index in [0.29, 0.717) is 48.4 Å². The van der Waals surface area contributed by atoms with E-state index in [4.69, 9.17) is 30.6 Å². The van der Waals surface area contributed by atoms with E-state index in [0.717, 1.165) is 21.2 Å². The minimum Gasteiger partial charge on any atom is -0.494 e. The number of rotatable bonds is 17. The van der Waals surface area contributed by atoms with Crippen molar-refractivity contribution in [1.82, 2.24) is 10.9 Å². The van der Waals surface area contributed by atoms with Gasteiger partial charge in [0.15, 0.2) is 11.6 Å². The zero-order valence-corrected chi connectivity index (χ0v) is 28.7. The lowest BCUT2D eigenvalue weighted by atomic mass is 9.80. The molecule has 2 atom stereocenters. The lowest BCUT2D eigenvalue weighted by Crippen LogP contribution is -2.54. The third kappa shape index (κ3) is 9.00. The number of azide groups is 2. The Morgan fingerprint density at radius 3 is 2.28 bits per heavy atom. The highest BCUT2D eigenvalue weighted by Gasteiger charge is 2.54. The van der Waals surface area contributed by atoms with E-state index >= 15 is 0 Å². The first-order valence-corrected chi connectivity index (χ1v) is 16.8. The summed E-state index contributed by atoms with van der Waals surface area (Å²) in [5.41, 5.74) is 27.2. The minimum absolute atomic E-state index is 0.0283. The van der Waals surface area contributed by atoms with Gasteiger partial charge in [0, 0.05) is 45.9 Å². The van der Waals surface area contributed by atoms with Crippen LogP contribution in [0.25, 0.3) is 20.9 Å². The van der Waals surface area contributed by atoms with Crippen molar-refractivity contribution < 1.29 is 19.4 Å². The van der Waals surface area contributed by atoms with Crippen LogP contribution in [0.5, 0.6) is 5.75 Å². The van der Waals surface area contributed by atoms with E-state index in [1.54, 1.807) is 24.3 Å². The van der Waals surface area contributed by atoms with Crippen LogP contribution in [0.1, 0.15) is 45.9 Å². The molecule has 0 aromatic heterocycles. The standard InChI is InChI=1S/C36H36BrN9O4/c37-30-14-10-25(11-15-30)18-19-40-44-35(48)36(22-27-6-1-2-7-28(27)23-41-45-38)33(32-9-4-3-8-29(32)24-42-46-39)50-34(43-36)26-12-16-31(17-13-26)49-21-5-20-47/h1-4,6-17,33,40,47H,5,18-24H2,(H,44,48)/t33-,36-/m0/s1. The van der Waals surface area contributed by atoms with Gasteiger partial charge in [-0.1, -0.05) is 86.8 Å². The van der Waals surface area contributed by atoms with Crippen molar-refractivity contribution in [3.05, 3.63) is 156 Å². The van der Waals surface area contributed by atoms with Crippen LogP contribution in [0.2, 0.25) is 0 Å². The van der Waals surface area contributed by atoms with Crippen molar-refractivity contribution >= 4 is 27.7 Å². The average Bonchev–Trinajstić information content (AvgIpc) is 3.53. The molecule has 13 nitrogen and oxygen atoms in total. The molecule has 0 radical (unpaired) electrons. The maximum Gasteiger partial charge on any atom is 0.266 e. The fourth-order valence-corrected chi connectivity index (χ4v) is 5.96. The van der Waals surface area contributed by atoms with E-state index < -0.39 is 17.6 Å². The first kappa shape index (κ1) is 35.9. The number of nitrogens with zero attached hydrogens (tertiary/aromatic N) is 7. The van der Waals surface area contributed by atoms with Gasteiger partial charge in [-0.25, -0.2) is 10.4 Å². The summed E-state index contributed by atoms with van der Waals surface area (Å²) < 4.78 is 13.4. The molecule has 14 heteroatoms. The maximum atomic E-state index is 14.7. The Bertz CT molecular complexity index is 1890. The van der Waals surface area contributed by atoms with Crippen LogP contribution in [-0.4, -0.2) is 42.2 Å². The number of ether oxygens (including phenoxy) is 2. The molecule has 0 unspecified atom stereocenters. The van der Waals surface area contributed by atoms with Gasteiger partial charge in [0.2, 0.25) is 5.90 Å². The number of aliphatic hydroxyl groups excluding tert-OH is 1. The highest BCUT2D eigenvalue weighted by atomic mass is 79.9. The number of hydrazine groups is 1. The summed E-state index contributed by atoms with van der Waals surface area (Å²) in [7, 11) is 0. The molecule has 256 valence electrons. The molecule has 4 aromatic rings. The average molecular weight is 739 g/mol. The highest BCUT2D eigenvalue weighted by Crippen LogP contribution is 2.44. The predicted molar refractivity (Wildman–Crippen MR) is 193 cm³/mol. The second kappa shape index (κ2) is 17.9. The molecule has 1 heterocycles. The molecule has 5 rings (SSSR count). The van der Waals surface area contributed by atoms with Gasteiger partial charge in [0.25, 0.3) is 5.91 Å². The summed E-state index contributed by atoms with van der Waals surface area (Å²) in [4.78, 5) is 25.7. The maximum absolute atomic E-state index is 14.7. The van der Waals surface area contributed by atoms with Gasteiger partial charge < -0.3 is 14.6 Å². The Labute approximate surface area is 297 Å². The second-order valence-corrected chi connectivity index (χ2v) is 12.4. The topological polar surface area (TPSA) is 190 Å². The number of halogens is 1. The third-order valence-electron chi connectivity index (χ3n) is 8.21. The lowest BCUT2D eigenvalue weighted by molar-refractivity contribution is -0.130. The lowest BCUT2D eigenvalue weighted by Gasteiger charge is -2.32. The van der Waals surface area contributed by atoms with Crippen molar-refractivity contribution in [2.45, 2.75) is 44.0 Å². The summed E-state index contributed by atoms with van der Waals surface area (Å²) >= 11 is 3.46. The quantitative estimate of drug-likeness (QED) is 0.0339. The van der Waals surface area contributed by atoms with Crippen molar-refractivity contribution in [2.75, 3.05) is 19.8 Å². The summed E-state index contributed by atoms with van der Waals surface area (Å²) in [6.07, 6.45) is 0.316. The molecule has 1 amide bonds. The molecule has 1 aliphatic heterocycles. The van der Waals surface area contributed by atoms with E-state index in [2.05, 4.69) is 46.8 Å². The number of aliphatic hydroxyl groups is 1. The molecule has 3 N–H and O–H groups in total. The van der Waals surface area contributed by atoms with E-state index in [1.807, 2.05) is 72.8 Å². The first-order chi connectivity index (χ1) is 24.5. The molecular weight excluding hydrogens is 702 g/mol. The molecule has 0 aliphatic carbocycles. The Morgan fingerprint density at radius 1 is 0.920 bits per heavy atom. The zero-order valence-electron chi connectivity index (χ0n) is 27.2. The van der Waals surface area contributed by atoms with Crippen LogP contribution >= 0.6 is 15.9 Å². The van der Waals surface area contributed by atoms with Crippen LogP contribution in [0.3, 0.4) is 0 Å². The van der Waals surface area contributed by atoms with Gasteiger partial charge in [-0.2, -0.15) is 0 Å². The molecule has 1 aliphatic rings. The first-order valence-electron chi connectivity index (χ1n) is 16.0. The summed E-state index contributed by atoms with van der Waals surface area (Å²) in [6, 6.07) is 29.9. The number of carbonyl (C=O) groups is 1. The van der Waals surface area contributed by atoms with Gasteiger partial charge in [0.1, 0.15) is 5.75 Å². The van der Waals surface area contributed by atoms with Crippen molar-refractivity contribution in [3.8, 4) is 5.75 Å². The monoisotopic (exact) mass is 737 g/mol. The summed E-state index contributed by atoms with van der Waals surface area (Å²) in [5.74, 6) is 0.422. The Hall–Kier alpha value is -5.36. The Balaban J connectivity index is 1.57. The second-order valence-electron chi connectivity index (χ2n) is 11.5. The Kier molecular flexibility index (Phi) is 12.8. The number of benzene rings is 4. The number of aliphatic imine (C=N–C) groups is 1. The SMILES string of the molecule is [N-]=[N+]=NCc1ccccc1C[C@]1(C(=O)NNCCc2ccc(Br)cc2)N=C(c2ccc(OCCCO)cc2)O[C@H]1c1ccccc1CN=[N+]=[N-]. The molecule has 0 bridgehead atoms. The van der Waals surface area contributed by atoms with Crippen LogP contribution in [0.4, 0.5) is 0 Å². The largest absolute Gasteiger partial charge is 0.494 e. The molecular formula is C36H36BrN9O4. The van der Waals surface area contributed by atoms with Gasteiger partial charge in [-0.05, 0) is 81.7 Å². The fraction of sp³-hybridized carbons (Fsp3) is 0.278. The fourth-order valence-electron chi connectivity index (χ4n) is 5.69. The van der Waals surface area contributed by atoms with Crippen molar-refractivity contribution in [3.63, 3.8) is 0 Å². The number of hydrogen-bond donors (Lipinski definition) is 3. The highest BCUT2D eigenvalue weighted by molar-refractivity contribution is 9.10. The normalized spacial score (nSPS) is 16.4. The van der Waals surface area contributed by atoms with Crippen molar-refractivity contribution in [1.29, 1.82) is 0 Å². The minimum atomic E-state index is -1.56. The van der Waals surface area contributed by atoms with Crippen LogP contribution in [0.15, 0.2) is 117 Å². The van der Waals surface area contributed by atoms with Gasteiger partial charge in [0.05, 0.1) is 19.7 Å². The van der Waals surface area contributed by atoms with E-state index in [9.17, 15) is 4.79 Å². The molecule has 0 saturated heterocycles. The van der Waals surface area contributed by atoms with Crippen LogP contribution in [-0.2, 0) is 35.5 Å². The molecule has 50 heavy (non-hydrogen) atoms. The van der Waals surface area contributed by atoms with Crippen LogP contribution < -0.4 is 15.6 Å². The summed E-state index contributed by atoms with van der Waals surface area (Å²) in [6.45, 7) is 0.969. The van der Waals surface area contributed by atoms with E-state index in [-0.39, 0.29) is 32.0 Å². The van der Waals surface area contributed by atoms with E-state index in [1.165, 1.54) is 0 Å². The third-order valence-corrected chi connectivity index (χ3v) is 8.74. The molecule has 0 fully saturated rings. The number of amides is 1. The van der Waals surface area contributed by atoms with Crippen molar-refractivity contribution in [2.24, 2.45) is 15.2 Å². The van der Waals surface area contributed by atoms with Gasteiger partial charge in [-0.15, -0.1) is 0 Å². The smallest absolute Gasteiger partial charge is 0.266 e. The Morgan fingerprint density at radius 2 is 1.58 bits per heavy atom. The number of hydrogen-bond acceptors (Lipinski definition) is 8. The molecule has 0 saturated carbocycles. The summed E-state index contributed by atoms with van der Waals surface area (Å²) in [5, 5.41) is 16.7. The molecule has 4 aromatic carbocycles. The molecule has 0 spiro atoms. The van der Waals surface area contributed by atoms with Gasteiger partial charge in [-0.3, -0.25) is 10.2 Å². The van der Waals surface area contributed by atoms with Gasteiger partial charge >= 0.3 is 0 Å². The van der Waals surface area contributed by atoms with Crippen LogP contribution in [0, 0.1) is 0 Å². The number of carbonyl (C=O) groups excluding carboxylic acids is 1. The zero-order chi connectivity index (χ0) is 35.2.